The standard InChI is InChI=1S/C20H36N6O8S/c1-35-9-7-13(20(33)34)25-18(31)12(4-2-3-8-21)24-19(32)14(10-15(23)27)26-17(30)11(22)5-6-16(28)29/h11-14H,2-10,21-22H2,1H3,(H2,23,27)(H,24,32)(H,25,31)(H,26,30)(H,28,29)(H,33,34). The summed E-state index contributed by atoms with van der Waals surface area (Å²) in [5, 5.41) is 25.2. The fraction of sp³-hybridized carbons (Fsp3) is 0.700. The molecule has 0 fully saturated rings. The second-order valence-electron chi connectivity index (χ2n) is 7.80. The molecular weight excluding hydrogens is 484 g/mol. The molecule has 0 aromatic heterocycles. The Hall–Kier alpha value is -2.91. The number of unbranched alkanes of at least 4 members (excludes halogenated alkanes) is 1. The van der Waals surface area contributed by atoms with Gasteiger partial charge < -0.3 is 43.4 Å². The summed E-state index contributed by atoms with van der Waals surface area (Å²) in [6.45, 7) is 0.336. The van der Waals surface area contributed by atoms with Crippen LogP contribution in [0.3, 0.4) is 0 Å². The van der Waals surface area contributed by atoms with E-state index in [1.807, 2.05) is 0 Å². The van der Waals surface area contributed by atoms with E-state index in [0.29, 0.717) is 25.1 Å². The molecule has 0 aliphatic rings. The summed E-state index contributed by atoms with van der Waals surface area (Å²) < 4.78 is 0. The molecule has 0 rings (SSSR count). The Morgan fingerprint density at radius 1 is 0.829 bits per heavy atom. The molecule has 0 radical (unpaired) electrons. The molecule has 0 saturated heterocycles. The van der Waals surface area contributed by atoms with Crippen molar-refractivity contribution in [3.8, 4) is 0 Å². The number of thioether (sulfide) groups is 1. The van der Waals surface area contributed by atoms with Crippen molar-refractivity contribution in [3.05, 3.63) is 0 Å². The third-order valence-corrected chi connectivity index (χ3v) is 5.49. The second kappa shape index (κ2) is 17.5. The van der Waals surface area contributed by atoms with E-state index in [0.717, 1.165) is 0 Å². The number of amides is 4. The topological polar surface area (TPSA) is 257 Å². The van der Waals surface area contributed by atoms with Crippen molar-refractivity contribution >= 4 is 47.3 Å². The highest BCUT2D eigenvalue weighted by Crippen LogP contribution is 2.06. The number of nitrogens with one attached hydrogen (secondary N) is 3. The van der Waals surface area contributed by atoms with Gasteiger partial charge in [0.15, 0.2) is 0 Å². The first kappa shape index (κ1) is 32.1. The molecule has 15 heteroatoms. The van der Waals surface area contributed by atoms with Crippen LogP contribution >= 0.6 is 11.8 Å². The molecule has 0 saturated carbocycles. The van der Waals surface area contributed by atoms with Crippen molar-refractivity contribution in [2.45, 2.75) is 69.1 Å². The monoisotopic (exact) mass is 520 g/mol. The van der Waals surface area contributed by atoms with Crippen LogP contribution in [-0.2, 0) is 28.8 Å². The number of aliphatic carboxylic acids is 2. The maximum absolute atomic E-state index is 12.8. The van der Waals surface area contributed by atoms with Crippen molar-refractivity contribution in [2.75, 3.05) is 18.6 Å². The Bertz CT molecular complexity index is 753. The van der Waals surface area contributed by atoms with Crippen molar-refractivity contribution in [1.82, 2.24) is 16.0 Å². The molecule has 0 heterocycles. The van der Waals surface area contributed by atoms with E-state index >= 15 is 0 Å². The lowest BCUT2D eigenvalue weighted by atomic mass is 10.1. The molecule has 14 nitrogen and oxygen atoms in total. The Kier molecular flexibility index (Phi) is 16.1. The molecule has 200 valence electrons. The van der Waals surface area contributed by atoms with Gasteiger partial charge in [0.25, 0.3) is 0 Å². The van der Waals surface area contributed by atoms with Gasteiger partial charge in [-0.05, 0) is 50.7 Å². The van der Waals surface area contributed by atoms with Gasteiger partial charge in [-0.25, -0.2) is 4.79 Å². The van der Waals surface area contributed by atoms with E-state index in [1.165, 1.54) is 11.8 Å². The van der Waals surface area contributed by atoms with Crippen LogP contribution in [0.2, 0.25) is 0 Å². The van der Waals surface area contributed by atoms with Crippen LogP contribution in [0, 0.1) is 0 Å². The minimum atomic E-state index is -1.48. The van der Waals surface area contributed by atoms with Gasteiger partial charge in [-0.1, -0.05) is 0 Å². The van der Waals surface area contributed by atoms with Gasteiger partial charge in [0, 0.05) is 6.42 Å². The molecule has 35 heavy (non-hydrogen) atoms. The molecule has 0 aromatic carbocycles. The summed E-state index contributed by atoms with van der Waals surface area (Å²) in [5.41, 5.74) is 16.3. The minimum Gasteiger partial charge on any atom is -0.481 e. The zero-order chi connectivity index (χ0) is 27.0. The summed E-state index contributed by atoms with van der Waals surface area (Å²) >= 11 is 1.41. The van der Waals surface area contributed by atoms with Gasteiger partial charge in [-0.15, -0.1) is 0 Å². The zero-order valence-electron chi connectivity index (χ0n) is 19.7. The van der Waals surface area contributed by atoms with Gasteiger partial charge in [0.05, 0.1) is 12.5 Å². The van der Waals surface area contributed by atoms with Crippen molar-refractivity contribution in [3.63, 3.8) is 0 Å². The quantitative estimate of drug-likeness (QED) is 0.0824. The molecule has 4 amide bonds. The number of hydrogen-bond acceptors (Lipinski definition) is 9. The molecule has 4 atom stereocenters. The molecule has 0 aromatic rings. The third kappa shape index (κ3) is 14.2. The molecule has 11 N–H and O–H groups in total. The number of rotatable bonds is 19. The predicted molar refractivity (Wildman–Crippen MR) is 128 cm³/mol. The molecular formula is C20H36N6O8S. The minimum absolute atomic E-state index is 0.124. The summed E-state index contributed by atoms with van der Waals surface area (Å²) in [4.78, 5) is 71.5. The lowest BCUT2D eigenvalue weighted by Gasteiger charge is -2.25. The Morgan fingerprint density at radius 2 is 1.40 bits per heavy atom. The highest BCUT2D eigenvalue weighted by Gasteiger charge is 2.31. The average molecular weight is 521 g/mol. The van der Waals surface area contributed by atoms with Crippen molar-refractivity contribution in [1.29, 1.82) is 0 Å². The third-order valence-electron chi connectivity index (χ3n) is 4.85. The van der Waals surface area contributed by atoms with E-state index in [-0.39, 0.29) is 25.7 Å². The van der Waals surface area contributed by atoms with Gasteiger partial charge >= 0.3 is 11.9 Å². The van der Waals surface area contributed by atoms with Crippen molar-refractivity contribution < 1.29 is 39.0 Å². The number of carbonyl (C=O) groups excluding carboxylic acids is 4. The number of primary amides is 1. The van der Waals surface area contributed by atoms with Crippen molar-refractivity contribution in [2.24, 2.45) is 17.2 Å². The molecule has 4 unspecified atom stereocenters. The number of carbonyl (C=O) groups is 6. The smallest absolute Gasteiger partial charge is 0.326 e. The maximum Gasteiger partial charge on any atom is 0.326 e. The Labute approximate surface area is 207 Å². The van der Waals surface area contributed by atoms with E-state index in [9.17, 15) is 33.9 Å². The average Bonchev–Trinajstić information content (AvgIpc) is 2.78. The van der Waals surface area contributed by atoms with Gasteiger partial charge in [-0.3, -0.25) is 24.0 Å². The second-order valence-corrected chi connectivity index (χ2v) is 8.78. The molecule has 0 aliphatic carbocycles. The number of nitrogens with two attached hydrogens (primary N) is 3. The first-order valence-corrected chi connectivity index (χ1v) is 12.4. The largest absolute Gasteiger partial charge is 0.481 e. The van der Waals surface area contributed by atoms with E-state index in [4.69, 9.17) is 22.3 Å². The van der Waals surface area contributed by atoms with Crippen LogP contribution in [0.5, 0.6) is 0 Å². The SMILES string of the molecule is CSCCC(NC(=O)C(CCCCN)NC(=O)C(CC(N)=O)NC(=O)C(N)CCC(=O)O)C(=O)O. The fourth-order valence-electron chi connectivity index (χ4n) is 2.90. The predicted octanol–water partition coefficient (Wildman–Crippen LogP) is -2.52. The van der Waals surface area contributed by atoms with Gasteiger partial charge in [0.2, 0.25) is 23.6 Å². The van der Waals surface area contributed by atoms with E-state index in [2.05, 4.69) is 16.0 Å². The summed E-state index contributed by atoms with van der Waals surface area (Å²) in [6.07, 6.45) is 1.86. The van der Waals surface area contributed by atoms with Crippen LogP contribution in [0.25, 0.3) is 0 Å². The highest BCUT2D eigenvalue weighted by atomic mass is 32.2. The van der Waals surface area contributed by atoms with Crippen LogP contribution < -0.4 is 33.2 Å². The highest BCUT2D eigenvalue weighted by molar-refractivity contribution is 7.98. The van der Waals surface area contributed by atoms with Crippen LogP contribution in [0.1, 0.15) is 44.9 Å². The first-order chi connectivity index (χ1) is 16.4. The summed E-state index contributed by atoms with van der Waals surface area (Å²) in [5.74, 6) is -5.36. The maximum atomic E-state index is 12.8. The molecule has 0 bridgehead atoms. The summed E-state index contributed by atoms with van der Waals surface area (Å²) in [6, 6.07) is -5.08. The Balaban J connectivity index is 5.48. The zero-order valence-corrected chi connectivity index (χ0v) is 20.5. The fourth-order valence-corrected chi connectivity index (χ4v) is 3.37. The molecule has 0 aliphatic heterocycles. The summed E-state index contributed by atoms with van der Waals surface area (Å²) in [7, 11) is 0. The lowest BCUT2D eigenvalue weighted by Crippen LogP contribution is -2.57. The van der Waals surface area contributed by atoms with Crippen LogP contribution in [0.4, 0.5) is 0 Å². The van der Waals surface area contributed by atoms with Gasteiger partial charge in [0.1, 0.15) is 18.1 Å². The van der Waals surface area contributed by atoms with Gasteiger partial charge in [-0.2, -0.15) is 11.8 Å². The van der Waals surface area contributed by atoms with Crippen LogP contribution in [-0.4, -0.2) is 88.5 Å². The van der Waals surface area contributed by atoms with E-state index < -0.39 is 66.2 Å². The normalized spacial score (nSPS) is 14.1. The molecule has 0 spiro atoms. The van der Waals surface area contributed by atoms with Crippen LogP contribution in [0.15, 0.2) is 0 Å². The number of carboxylic acid groups (broad SMARTS) is 2. The lowest BCUT2D eigenvalue weighted by molar-refractivity contribution is -0.142. The Morgan fingerprint density at radius 3 is 1.91 bits per heavy atom. The van der Waals surface area contributed by atoms with E-state index in [1.54, 1.807) is 6.26 Å². The first-order valence-electron chi connectivity index (χ1n) is 11.0. The number of hydrogen-bond donors (Lipinski definition) is 8. The number of carboxylic acids is 2.